The number of carbonyl (C=O) groups is 1. The van der Waals surface area contributed by atoms with Crippen LogP contribution in [0.4, 0.5) is 10.1 Å². The van der Waals surface area contributed by atoms with Crippen LogP contribution in [0.1, 0.15) is 35.3 Å². The normalized spacial score (nSPS) is 14.6. The Morgan fingerprint density at radius 1 is 1.03 bits per heavy atom. The van der Waals surface area contributed by atoms with E-state index in [4.69, 9.17) is 4.74 Å². The Morgan fingerprint density at radius 2 is 1.85 bits per heavy atom. The molecule has 0 saturated carbocycles. The van der Waals surface area contributed by atoms with E-state index in [1.807, 2.05) is 18.2 Å². The van der Waals surface area contributed by atoms with Gasteiger partial charge in [0.25, 0.3) is 5.91 Å². The average Bonchev–Trinajstić information content (AvgIpc) is 2.84. The summed E-state index contributed by atoms with van der Waals surface area (Å²) in [7, 11) is -4.01. The van der Waals surface area contributed by atoms with Crippen LogP contribution in [0.25, 0.3) is 0 Å². The minimum absolute atomic E-state index is 0.0480. The highest BCUT2D eigenvalue weighted by Gasteiger charge is 2.29. The maximum atomic E-state index is 14.4. The second-order valence-corrected chi connectivity index (χ2v) is 9.61. The summed E-state index contributed by atoms with van der Waals surface area (Å²) in [4.78, 5) is 16.5. The number of amides is 1. The maximum Gasteiger partial charge on any atom is 0.255 e. The molecular weight excluding hydrogens is 445 g/mol. The number of hydrogen-bond donors (Lipinski definition) is 1. The first-order chi connectivity index (χ1) is 15.9. The highest BCUT2D eigenvalue weighted by molar-refractivity contribution is 7.89. The SMILES string of the molecule is O=C(Nc1cccc(OCc2ccccn2)c1)c1ccc(F)c(S(=O)(=O)N2CCCCC2)c1. The number of aromatic nitrogens is 1. The van der Waals surface area contributed by atoms with E-state index in [0.29, 0.717) is 24.5 Å². The number of nitrogens with one attached hydrogen (secondary N) is 1. The van der Waals surface area contributed by atoms with Crippen LogP contribution in [-0.4, -0.2) is 36.7 Å². The predicted octanol–water partition coefficient (Wildman–Crippen LogP) is 4.23. The van der Waals surface area contributed by atoms with Crippen LogP contribution in [-0.2, 0) is 16.6 Å². The van der Waals surface area contributed by atoms with E-state index in [9.17, 15) is 17.6 Å². The molecule has 0 unspecified atom stereocenters. The molecule has 1 fully saturated rings. The Kier molecular flexibility index (Phi) is 7.00. The van der Waals surface area contributed by atoms with Gasteiger partial charge in [-0.3, -0.25) is 9.78 Å². The summed E-state index contributed by atoms with van der Waals surface area (Å²) in [6, 6.07) is 15.7. The zero-order chi connectivity index (χ0) is 23.3. The van der Waals surface area contributed by atoms with Crippen molar-refractivity contribution in [3.05, 3.63) is 83.9 Å². The lowest BCUT2D eigenvalue weighted by atomic mass is 10.2. The number of rotatable bonds is 7. The lowest BCUT2D eigenvalue weighted by Gasteiger charge is -2.26. The first-order valence-electron chi connectivity index (χ1n) is 10.7. The second kappa shape index (κ2) is 10.1. The monoisotopic (exact) mass is 469 g/mol. The van der Waals surface area contributed by atoms with Gasteiger partial charge in [0.05, 0.1) is 5.69 Å². The Hall–Kier alpha value is -3.30. The molecule has 0 aliphatic carbocycles. The smallest absolute Gasteiger partial charge is 0.255 e. The van der Waals surface area contributed by atoms with Crippen molar-refractivity contribution in [3.63, 3.8) is 0 Å². The topological polar surface area (TPSA) is 88.6 Å². The van der Waals surface area contributed by atoms with E-state index in [1.165, 1.54) is 10.4 Å². The maximum absolute atomic E-state index is 14.4. The van der Waals surface area contributed by atoms with Crippen molar-refractivity contribution in [3.8, 4) is 5.75 Å². The number of pyridine rings is 1. The molecule has 1 amide bonds. The molecule has 0 atom stereocenters. The van der Waals surface area contributed by atoms with Gasteiger partial charge in [0, 0.05) is 36.6 Å². The van der Waals surface area contributed by atoms with Gasteiger partial charge in [0.2, 0.25) is 10.0 Å². The molecular formula is C24H24FN3O4S. The molecule has 4 rings (SSSR count). The minimum Gasteiger partial charge on any atom is -0.487 e. The number of halogens is 1. The highest BCUT2D eigenvalue weighted by Crippen LogP contribution is 2.25. The summed E-state index contributed by atoms with van der Waals surface area (Å²) in [5, 5.41) is 2.71. The van der Waals surface area contributed by atoms with Gasteiger partial charge >= 0.3 is 0 Å². The Bertz CT molecular complexity index is 1230. The van der Waals surface area contributed by atoms with E-state index < -0.39 is 26.6 Å². The van der Waals surface area contributed by atoms with Gasteiger partial charge in [0.1, 0.15) is 23.1 Å². The molecule has 1 aromatic heterocycles. The quantitative estimate of drug-likeness (QED) is 0.560. The van der Waals surface area contributed by atoms with Gasteiger partial charge in [-0.15, -0.1) is 0 Å². The number of anilines is 1. The molecule has 172 valence electrons. The number of piperidine rings is 1. The second-order valence-electron chi connectivity index (χ2n) is 7.70. The van der Waals surface area contributed by atoms with E-state index in [-0.39, 0.29) is 12.2 Å². The van der Waals surface area contributed by atoms with Gasteiger partial charge in [0.15, 0.2) is 0 Å². The lowest BCUT2D eigenvalue weighted by Crippen LogP contribution is -2.36. The first-order valence-corrected chi connectivity index (χ1v) is 12.1. The Morgan fingerprint density at radius 3 is 2.61 bits per heavy atom. The van der Waals surface area contributed by atoms with Crippen molar-refractivity contribution in [1.29, 1.82) is 0 Å². The van der Waals surface area contributed by atoms with Crippen molar-refractivity contribution >= 4 is 21.6 Å². The van der Waals surface area contributed by atoms with Gasteiger partial charge in [-0.05, 0) is 55.3 Å². The van der Waals surface area contributed by atoms with E-state index in [1.54, 1.807) is 30.5 Å². The van der Waals surface area contributed by atoms with Crippen LogP contribution in [0.15, 0.2) is 71.8 Å². The molecule has 33 heavy (non-hydrogen) atoms. The minimum atomic E-state index is -4.01. The first kappa shape index (κ1) is 22.9. The lowest BCUT2D eigenvalue weighted by molar-refractivity contribution is 0.102. The highest BCUT2D eigenvalue weighted by atomic mass is 32.2. The van der Waals surface area contributed by atoms with Crippen LogP contribution in [0, 0.1) is 5.82 Å². The van der Waals surface area contributed by atoms with Gasteiger partial charge < -0.3 is 10.1 Å². The fraction of sp³-hybridized carbons (Fsp3) is 0.250. The Balaban J connectivity index is 1.48. The van der Waals surface area contributed by atoms with Crippen LogP contribution >= 0.6 is 0 Å². The number of hydrogen-bond acceptors (Lipinski definition) is 5. The number of benzene rings is 2. The van der Waals surface area contributed by atoms with Crippen molar-refractivity contribution in [2.75, 3.05) is 18.4 Å². The standard InChI is InChI=1S/C24H24FN3O4S/c25-22-11-10-18(15-23(22)33(30,31)28-13-4-1-5-14-28)24(29)27-19-8-6-9-21(16-19)32-17-20-7-2-3-12-26-20/h2-3,6-12,15-16H,1,4-5,13-14,17H2,(H,27,29). The summed E-state index contributed by atoms with van der Waals surface area (Å²) < 4.78 is 47.2. The molecule has 0 spiro atoms. The third-order valence-corrected chi connectivity index (χ3v) is 7.24. The molecule has 0 radical (unpaired) electrons. The number of ether oxygens (including phenoxy) is 1. The van der Waals surface area contributed by atoms with Crippen LogP contribution in [0.3, 0.4) is 0 Å². The van der Waals surface area contributed by atoms with Crippen molar-refractivity contribution in [2.24, 2.45) is 0 Å². The molecule has 7 nitrogen and oxygen atoms in total. The molecule has 3 aromatic rings. The van der Waals surface area contributed by atoms with Crippen molar-refractivity contribution < 1.29 is 22.3 Å². The van der Waals surface area contributed by atoms with Crippen molar-refractivity contribution in [1.82, 2.24) is 9.29 Å². The van der Waals surface area contributed by atoms with Gasteiger partial charge in [-0.25, -0.2) is 12.8 Å². The molecule has 0 bridgehead atoms. The number of nitrogens with zero attached hydrogens (tertiary/aromatic N) is 2. The van der Waals surface area contributed by atoms with Crippen LogP contribution in [0.2, 0.25) is 0 Å². The zero-order valence-corrected chi connectivity index (χ0v) is 18.7. The summed E-state index contributed by atoms with van der Waals surface area (Å²) in [6.45, 7) is 0.973. The summed E-state index contributed by atoms with van der Waals surface area (Å²) in [5.41, 5.74) is 1.27. The third kappa shape index (κ3) is 5.55. The largest absolute Gasteiger partial charge is 0.487 e. The fourth-order valence-corrected chi connectivity index (χ4v) is 5.20. The van der Waals surface area contributed by atoms with Crippen LogP contribution < -0.4 is 10.1 Å². The molecule has 1 aliphatic rings. The molecule has 2 aromatic carbocycles. The summed E-state index contributed by atoms with van der Waals surface area (Å²) >= 11 is 0. The predicted molar refractivity (Wildman–Crippen MR) is 122 cm³/mol. The number of sulfonamides is 1. The molecule has 9 heteroatoms. The zero-order valence-electron chi connectivity index (χ0n) is 17.9. The average molecular weight is 470 g/mol. The van der Waals surface area contributed by atoms with Gasteiger partial charge in [-0.2, -0.15) is 4.31 Å². The fourth-order valence-electron chi connectivity index (χ4n) is 3.59. The van der Waals surface area contributed by atoms with E-state index in [2.05, 4.69) is 10.3 Å². The summed E-state index contributed by atoms with van der Waals surface area (Å²) in [6.07, 6.45) is 4.10. The molecule has 1 aliphatic heterocycles. The van der Waals surface area contributed by atoms with Gasteiger partial charge in [-0.1, -0.05) is 18.6 Å². The molecule has 2 heterocycles. The third-order valence-electron chi connectivity index (χ3n) is 5.33. The number of carbonyl (C=O) groups excluding carboxylic acids is 1. The summed E-state index contributed by atoms with van der Waals surface area (Å²) in [5.74, 6) is -0.889. The molecule has 1 N–H and O–H groups in total. The van der Waals surface area contributed by atoms with E-state index in [0.717, 1.165) is 37.1 Å². The Labute approximate surface area is 192 Å². The molecule has 1 saturated heterocycles. The van der Waals surface area contributed by atoms with E-state index >= 15 is 0 Å². The van der Waals surface area contributed by atoms with Crippen LogP contribution in [0.5, 0.6) is 5.75 Å². The van der Waals surface area contributed by atoms with Crippen molar-refractivity contribution in [2.45, 2.75) is 30.8 Å².